The highest BCUT2D eigenvalue weighted by atomic mass is 35.5. The molecule has 0 saturated carbocycles. The fourth-order valence-corrected chi connectivity index (χ4v) is 0.978. The highest BCUT2D eigenvalue weighted by molar-refractivity contribution is 6.34. The third kappa shape index (κ3) is 2.04. The van der Waals surface area contributed by atoms with Crippen molar-refractivity contribution in [3.63, 3.8) is 0 Å². The molecule has 0 fully saturated rings. The first-order valence-corrected chi connectivity index (χ1v) is 3.54. The van der Waals surface area contributed by atoms with Gasteiger partial charge < -0.3 is 0 Å². The van der Waals surface area contributed by atoms with Gasteiger partial charge >= 0.3 is 0 Å². The second kappa shape index (κ2) is 3.51. The Morgan fingerprint density at radius 1 is 1.45 bits per heavy atom. The minimum absolute atomic E-state index is 0.156. The van der Waals surface area contributed by atoms with Crippen LogP contribution in [0, 0.1) is 11.3 Å². The van der Waals surface area contributed by atoms with Crippen molar-refractivity contribution >= 4 is 23.2 Å². The Bertz CT molecular complexity index is 305. The third-order valence-corrected chi connectivity index (χ3v) is 1.55. The zero-order chi connectivity index (χ0) is 8.27. The Labute approximate surface area is 73.6 Å². The molecule has 0 aliphatic rings. The molecule has 0 aliphatic carbocycles. The molecule has 0 amide bonds. The summed E-state index contributed by atoms with van der Waals surface area (Å²) in [4.78, 5) is 0. The van der Waals surface area contributed by atoms with E-state index in [2.05, 4.69) is 10.2 Å². The predicted molar refractivity (Wildman–Crippen MR) is 41.4 cm³/mol. The first-order valence-electron chi connectivity index (χ1n) is 2.78. The Morgan fingerprint density at radius 2 is 2.18 bits per heavy atom. The molecular formula is C6H3Cl2N3. The Hall–Kier alpha value is -0.850. The van der Waals surface area contributed by atoms with Crippen molar-refractivity contribution in [3.05, 3.63) is 21.9 Å². The molecule has 0 bridgehead atoms. The van der Waals surface area contributed by atoms with Crippen LogP contribution in [0.25, 0.3) is 0 Å². The lowest BCUT2D eigenvalue weighted by atomic mass is 10.3. The van der Waals surface area contributed by atoms with Gasteiger partial charge in [0.2, 0.25) is 0 Å². The third-order valence-electron chi connectivity index (χ3n) is 1.03. The lowest BCUT2D eigenvalue weighted by Crippen LogP contribution is -1.92. The summed E-state index contributed by atoms with van der Waals surface area (Å²) in [6.45, 7) is 0. The zero-order valence-electron chi connectivity index (χ0n) is 5.38. The van der Waals surface area contributed by atoms with E-state index in [0.29, 0.717) is 10.7 Å². The Morgan fingerprint density at radius 3 is 2.73 bits per heavy atom. The topological polar surface area (TPSA) is 49.6 Å². The Balaban J connectivity index is 3.01. The van der Waals surface area contributed by atoms with Gasteiger partial charge in [-0.1, -0.05) is 23.2 Å². The molecule has 11 heavy (non-hydrogen) atoms. The van der Waals surface area contributed by atoms with E-state index in [-0.39, 0.29) is 11.6 Å². The summed E-state index contributed by atoms with van der Waals surface area (Å²) >= 11 is 11.1. The van der Waals surface area contributed by atoms with E-state index in [0.717, 1.165) is 0 Å². The number of halogens is 2. The molecular weight excluding hydrogens is 185 g/mol. The first-order chi connectivity index (χ1) is 5.24. The van der Waals surface area contributed by atoms with Gasteiger partial charge in [-0.3, -0.25) is 0 Å². The summed E-state index contributed by atoms with van der Waals surface area (Å²) in [6.07, 6.45) is 0.156. The molecule has 56 valence electrons. The number of hydrogen-bond acceptors (Lipinski definition) is 3. The summed E-state index contributed by atoms with van der Waals surface area (Å²) in [5, 5.41) is 16.1. The summed E-state index contributed by atoms with van der Waals surface area (Å²) < 4.78 is 0. The van der Waals surface area contributed by atoms with Crippen LogP contribution >= 0.6 is 23.2 Å². The van der Waals surface area contributed by atoms with Crippen molar-refractivity contribution in [2.75, 3.05) is 0 Å². The van der Waals surface area contributed by atoms with Gasteiger partial charge in [-0.15, -0.1) is 5.10 Å². The van der Waals surface area contributed by atoms with E-state index < -0.39 is 0 Å². The highest BCUT2D eigenvalue weighted by Gasteiger charge is 2.02. The molecule has 0 saturated heterocycles. The summed E-state index contributed by atoms with van der Waals surface area (Å²) in [7, 11) is 0. The maximum Gasteiger partial charge on any atom is 0.153 e. The van der Waals surface area contributed by atoms with Crippen LogP contribution in [-0.4, -0.2) is 10.2 Å². The summed E-state index contributed by atoms with van der Waals surface area (Å²) in [5.74, 6) is 0. The number of nitriles is 1. The average molecular weight is 188 g/mol. The maximum atomic E-state index is 8.30. The Kier molecular flexibility index (Phi) is 2.64. The monoisotopic (exact) mass is 187 g/mol. The van der Waals surface area contributed by atoms with Crippen molar-refractivity contribution in [2.45, 2.75) is 6.42 Å². The van der Waals surface area contributed by atoms with Crippen molar-refractivity contribution in [1.82, 2.24) is 10.2 Å². The minimum Gasteiger partial charge on any atom is -0.198 e. The molecule has 1 heterocycles. The summed E-state index contributed by atoms with van der Waals surface area (Å²) in [6, 6.07) is 3.38. The molecule has 1 aromatic heterocycles. The van der Waals surface area contributed by atoms with Crippen LogP contribution in [0.3, 0.4) is 0 Å². The van der Waals surface area contributed by atoms with E-state index in [1.54, 1.807) is 0 Å². The molecule has 0 N–H and O–H groups in total. The van der Waals surface area contributed by atoms with Gasteiger partial charge in [0.15, 0.2) is 5.15 Å². The number of rotatable bonds is 1. The second-order valence-electron chi connectivity index (χ2n) is 1.80. The van der Waals surface area contributed by atoms with Crippen LogP contribution in [0.15, 0.2) is 6.07 Å². The van der Waals surface area contributed by atoms with Gasteiger partial charge in [0.25, 0.3) is 0 Å². The summed E-state index contributed by atoms with van der Waals surface area (Å²) in [5.41, 5.74) is 0.457. The lowest BCUT2D eigenvalue weighted by molar-refractivity contribution is 0.952. The molecule has 1 aromatic rings. The molecule has 1 rings (SSSR count). The molecule has 5 heteroatoms. The van der Waals surface area contributed by atoms with E-state index in [1.807, 2.05) is 6.07 Å². The molecule has 0 spiro atoms. The number of aromatic nitrogens is 2. The van der Waals surface area contributed by atoms with Crippen LogP contribution in [-0.2, 0) is 6.42 Å². The minimum atomic E-state index is 0.156. The highest BCUT2D eigenvalue weighted by Crippen LogP contribution is 2.15. The van der Waals surface area contributed by atoms with Crippen molar-refractivity contribution in [2.24, 2.45) is 0 Å². The molecule has 0 atom stereocenters. The van der Waals surface area contributed by atoms with Crippen molar-refractivity contribution in [3.8, 4) is 6.07 Å². The first kappa shape index (κ1) is 8.25. The largest absolute Gasteiger partial charge is 0.198 e. The second-order valence-corrected chi connectivity index (χ2v) is 2.59. The quantitative estimate of drug-likeness (QED) is 0.675. The fraction of sp³-hybridized carbons (Fsp3) is 0.167. The molecule has 0 radical (unpaired) electrons. The normalized spacial score (nSPS) is 9.18. The standard InChI is InChI=1S/C6H3Cl2N3/c7-4-3-6(8)11-10-5(4)1-2-9/h3H,1H2. The van der Waals surface area contributed by atoms with Gasteiger partial charge in [-0.2, -0.15) is 10.4 Å². The van der Waals surface area contributed by atoms with Crippen LogP contribution in [0.1, 0.15) is 5.69 Å². The van der Waals surface area contributed by atoms with Gasteiger partial charge in [-0.05, 0) is 6.07 Å². The van der Waals surface area contributed by atoms with Crippen LogP contribution < -0.4 is 0 Å². The van der Waals surface area contributed by atoms with Gasteiger partial charge in [0, 0.05) is 0 Å². The lowest BCUT2D eigenvalue weighted by Gasteiger charge is -1.95. The van der Waals surface area contributed by atoms with E-state index in [9.17, 15) is 0 Å². The van der Waals surface area contributed by atoms with E-state index in [1.165, 1.54) is 6.07 Å². The molecule has 0 unspecified atom stereocenters. The zero-order valence-corrected chi connectivity index (χ0v) is 6.89. The van der Waals surface area contributed by atoms with Gasteiger partial charge in [-0.25, -0.2) is 0 Å². The smallest absolute Gasteiger partial charge is 0.153 e. The van der Waals surface area contributed by atoms with Crippen molar-refractivity contribution in [1.29, 1.82) is 5.26 Å². The van der Waals surface area contributed by atoms with Crippen LogP contribution in [0.4, 0.5) is 0 Å². The van der Waals surface area contributed by atoms with Crippen molar-refractivity contribution < 1.29 is 0 Å². The van der Waals surface area contributed by atoms with Crippen LogP contribution in [0.2, 0.25) is 10.2 Å². The van der Waals surface area contributed by atoms with E-state index >= 15 is 0 Å². The fourth-order valence-electron chi connectivity index (χ4n) is 0.567. The number of hydrogen-bond donors (Lipinski definition) is 0. The van der Waals surface area contributed by atoms with Gasteiger partial charge in [0.05, 0.1) is 23.2 Å². The SMILES string of the molecule is N#CCc1nnc(Cl)cc1Cl. The average Bonchev–Trinajstić information content (AvgIpc) is 1.95. The van der Waals surface area contributed by atoms with Crippen LogP contribution in [0.5, 0.6) is 0 Å². The molecule has 0 aromatic carbocycles. The number of nitrogens with zero attached hydrogens (tertiary/aromatic N) is 3. The molecule has 0 aliphatic heterocycles. The van der Waals surface area contributed by atoms with E-state index in [4.69, 9.17) is 28.5 Å². The molecule has 3 nitrogen and oxygen atoms in total. The predicted octanol–water partition coefficient (Wildman–Crippen LogP) is 1.85. The van der Waals surface area contributed by atoms with Gasteiger partial charge in [0.1, 0.15) is 0 Å². The maximum absolute atomic E-state index is 8.30.